The fourth-order valence-electron chi connectivity index (χ4n) is 1.50. The molecule has 1 aliphatic heterocycles. The second kappa shape index (κ2) is 4.47. The standard InChI is InChI=1S/C12H18N2/c1-11-3-5-12(6-4-11)13-7-2-8-14-9-10-14/h3-6,13H,2,7-10H2,1H3. The summed E-state index contributed by atoms with van der Waals surface area (Å²) in [4.78, 5) is 2.46. The van der Waals surface area contributed by atoms with Gasteiger partial charge in [0, 0.05) is 25.3 Å². The monoisotopic (exact) mass is 190 g/mol. The van der Waals surface area contributed by atoms with E-state index < -0.39 is 0 Å². The SMILES string of the molecule is Cc1ccc(NCCCN2CC2)cc1. The molecule has 0 saturated carbocycles. The van der Waals surface area contributed by atoms with Crippen molar-refractivity contribution in [1.82, 2.24) is 4.90 Å². The van der Waals surface area contributed by atoms with Gasteiger partial charge in [0.15, 0.2) is 0 Å². The maximum Gasteiger partial charge on any atom is 0.0340 e. The molecule has 0 atom stereocenters. The summed E-state index contributed by atoms with van der Waals surface area (Å²) in [6, 6.07) is 8.58. The maximum atomic E-state index is 3.43. The first kappa shape index (κ1) is 9.53. The minimum atomic E-state index is 1.08. The van der Waals surface area contributed by atoms with Crippen molar-refractivity contribution in [2.45, 2.75) is 13.3 Å². The van der Waals surface area contributed by atoms with Gasteiger partial charge in [0.25, 0.3) is 0 Å². The Morgan fingerprint density at radius 2 is 1.93 bits per heavy atom. The van der Waals surface area contributed by atoms with Crippen LogP contribution in [0.1, 0.15) is 12.0 Å². The van der Waals surface area contributed by atoms with Crippen LogP contribution < -0.4 is 5.32 Å². The number of hydrogen-bond donors (Lipinski definition) is 1. The molecule has 2 nitrogen and oxygen atoms in total. The van der Waals surface area contributed by atoms with Crippen molar-refractivity contribution in [3.8, 4) is 0 Å². The van der Waals surface area contributed by atoms with Gasteiger partial charge in [0.2, 0.25) is 0 Å². The van der Waals surface area contributed by atoms with E-state index in [9.17, 15) is 0 Å². The number of benzene rings is 1. The Labute approximate surface area is 85.9 Å². The number of nitrogens with zero attached hydrogens (tertiary/aromatic N) is 1. The molecule has 0 radical (unpaired) electrons. The Kier molecular flexibility index (Phi) is 3.04. The molecule has 76 valence electrons. The van der Waals surface area contributed by atoms with Crippen LogP contribution in [-0.4, -0.2) is 31.1 Å². The van der Waals surface area contributed by atoms with E-state index >= 15 is 0 Å². The fraction of sp³-hybridized carbons (Fsp3) is 0.500. The van der Waals surface area contributed by atoms with Crippen molar-refractivity contribution in [2.24, 2.45) is 0 Å². The molecule has 1 saturated heterocycles. The van der Waals surface area contributed by atoms with Gasteiger partial charge in [-0.3, -0.25) is 0 Å². The predicted molar refractivity (Wildman–Crippen MR) is 60.7 cm³/mol. The molecule has 1 fully saturated rings. The van der Waals surface area contributed by atoms with Crippen LogP contribution in [0.25, 0.3) is 0 Å². The van der Waals surface area contributed by atoms with Gasteiger partial charge in [0.05, 0.1) is 0 Å². The Bertz CT molecular complexity index is 275. The first-order chi connectivity index (χ1) is 6.84. The topological polar surface area (TPSA) is 15.0 Å². The van der Waals surface area contributed by atoms with Crippen LogP contribution in [0, 0.1) is 6.92 Å². The third-order valence-corrected chi connectivity index (χ3v) is 2.57. The molecule has 1 aromatic rings. The van der Waals surface area contributed by atoms with Crippen LogP contribution >= 0.6 is 0 Å². The van der Waals surface area contributed by atoms with Crippen molar-refractivity contribution in [2.75, 3.05) is 31.5 Å². The first-order valence-electron chi connectivity index (χ1n) is 5.37. The summed E-state index contributed by atoms with van der Waals surface area (Å²) in [5.41, 5.74) is 2.56. The van der Waals surface area contributed by atoms with E-state index in [1.807, 2.05) is 0 Å². The van der Waals surface area contributed by atoms with Gasteiger partial charge < -0.3 is 10.2 Å². The molecule has 0 amide bonds. The van der Waals surface area contributed by atoms with E-state index in [2.05, 4.69) is 41.4 Å². The molecule has 1 N–H and O–H groups in total. The minimum absolute atomic E-state index is 1.08. The lowest BCUT2D eigenvalue weighted by atomic mass is 10.2. The molecule has 0 unspecified atom stereocenters. The Balaban J connectivity index is 1.66. The molecule has 14 heavy (non-hydrogen) atoms. The smallest absolute Gasteiger partial charge is 0.0340 e. The highest BCUT2D eigenvalue weighted by atomic mass is 15.2. The quantitative estimate of drug-likeness (QED) is 0.565. The summed E-state index contributed by atoms with van der Waals surface area (Å²) in [7, 11) is 0. The summed E-state index contributed by atoms with van der Waals surface area (Å²) in [5, 5.41) is 3.43. The maximum absolute atomic E-state index is 3.43. The number of aryl methyl sites for hydroxylation is 1. The molecule has 1 aromatic carbocycles. The summed E-state index contributed by atoms with van der Waals surface area (Å²) in [6.45, 7) is 7.07. The van der Waals surface area contributed by atoms with E-state index in [4.69, 9.17) is 0 Å². The third-order valence-electron chi connectivity index (χ3n) is 2.57. The lowest BCUT2D eigenvalue weighted by Crippen LogP contribution is -2.08. The summed E-state index contributed by atoms with van der Waals surface area (Å²) < 4.78 is 0. The van der Waals surface area contributed by atoms with Gasteiger partial charge in [-0.2, -0.15) is 0 Å². The lowest BCUT2D eigenvalue weighted by molar-refractivity contribution is 0.544. The molecule has 0 spiro atoms. The van der Waals surface area contributed by atoms with Gasteiger partial charge >= 0.3 is 0 Å². The van der Waals surface area contributed by atoms with Crippen LogP contribution in [0.5, 0.6) is 0 Å². The largest absolute Gasteiger partial charge is 0.385 e. The number of nitrogens with one attached hydrogen (secondary N) is 1. The van der Waals surface area contributed by atoms with E-state index in [1.165, 1.54) is 37.3 Å². The van der Waals surface area contributed by atoms with Crippen LogP contribution in [0.2, 0.25) is 0 Å². The first-order valence-corrected chi connectivity index (χ1v) is 5.37. The van der Waals surface area contributed by atoms with Crippen LogP contribution in [0.3, 0.4) is 0 Å². The summed E-state index contributed by atoms with van der Waals surface area (Å²) in [6.07, 6.45) is 1.24. The highest BCUT2D eigenvalue weighted by Gasteiger charge is 2.14. The van der Waals surface area contributed by atoms with E-state index in [0.717, 1.165) is 6.54 Å². The average molecular weight is 190 g/mol. The second-order valence-corrected chi connectivity index (χ2v) is 3.99. The van der Waals surface area contributed by atoms with E-state index in [0.29, 0.717) is 0 Å². The van der Waals surface area contributed by atoms with Crippen molar-refractivity contribution in [3.63, 3.8) is 0 Å². The van der Waals surface area contributed by atoms with E-state index in [1.54, 1.807) is 0 Å². The summed E-state index contributed by atoms with van der Waals surface area (Å²) in [5.74, 6) is 0. The normalized spacial score (nSPS) is 15.5. The van der Waals surface area contributed by atoms with Crippen LogP contribution in [0.4, 0.5) is 5.69 Å². The molecular weight excluding hydrogens is 172 g/mol. The Hall–Kier alpha value is -1.02. The molecule has 1 aliphatic rings. The van der Waals surface area contributed by atoms with Gasteiger partial charge in [-0.25, -0.2) is 0 Å². The molecule has 0 aromatic heterocycles. The second-order valence-electron chi connectivity index (χ2n) is 3.99. The van der Waals surface area contributed by atoms with Gasteiger partial charge in [-0.1, -0.05) is 17.7 Å². The number of rotatable bonds is 5. The predicted octanol–water partition coefficient (Wildman–Crippen LogP) is 2.11. The Morgan fingerprint density at radius 3 is 2.57 bits per heavy atom. The molecule has 0 aliphatic carbocycles. The zero-order valence-corrected chi connectivity index (χ0v) is 8.79. The fourth-order valence-corrected chi connectivity index (χ4v) is 1.50. The van der Waals surface area contributed by atoms with Gasteiger partial charge in [-0.15, -0.1) is 0 Å². The van der Waals surface area contributed by atoms with Crippen LogP contribution in [-0.2, 0) is 0 Å². The van der Waals surface area contributed by atoms with Gasteiger partial charge in [0.1, 0.15) is 0 Å². The molecular formula is C12H18N2. The zero-order valence-electron chi connectivity index (χ0n) is 8.79. The average Bonchev–Trinajstić information content (AvgIpc) is 2.99. The van der Waals surface area contributed by atoms with Crippen molar-refractivity contribution in [1.29, 1.82) is 0 Å². The van der Waals surface area contributed by atoms with Crippen molar-refractivity contribution in [3.05, 3.63) is 29.8 Å². The zero-order chi connectivity index (χ0) is 9.80. The van der Waals surface area contributed by atoms with Crippen molar-refractivity contribution >= 4 is 5.69 Å². The third kappa shape index (κ3) is 3.04. The molecule has 2 heteroatoms. The molecule has 2 rings (SSSR count). The highest BCUT2D eigenvalue weighted by molar-refractivity contribution is 5.44. The lowest BCUT2D eigenvalue weighted by Gasteiger charge is -2.06. The van der Waals surface area contributed by atoms with Crippen molar-refractivity contribution < 1.29 is 0 Å². The van der Waals surface area contributed by atoms with E-state index in [-0.39, 0.29) is 0 Å². The number of hydrogen-bond acceptors (Lipinski definition) is 2. The molecule has 0 bridgehead atoms. The summed E-state index contributed by atoms with van der Waals surface area (Å²) >= 11 is 0. The molecule has 1 heterocycles. The number of anilines is 1. The Morgan fingerprint density at radius 1 is 1.21 bits per heavy atom. The minimum Gasteiger partial charge on any atom is -0.385 e. The van der Waals surface area contributed by atoms with Crippen LogP contribution in [0.15, 0.2) is 24.3 Å². The highest BCUT2D eigenvalue weighted by Crippen LogP contribution is 2.09. The van der Waals surface area contributed by atoms with Gasteiger partial charge in [-0.05, 0) is 32.0 Å².